The molecular weight excluding hydrogens is 852 g/mol. The van der Waals surface area contributed by atoms with Crippen LogP contribution >= 0.6 is 20.3 Å². The van der Waals surface area contributed by atoms with Crippen LogP contribution in [-0.2, 0) is 28.5 Å². The molecule has 5 aromatic rings. The number of rotatable bonds is 20. The van der Waals surface area contributed by atoms with Crippen molar-refractivity contribution in [3.05, 3.63) is 108 Å². The van der Waals surface area contributed by atoms with Crippen LogP contribution < -0.4 is 9.47 Å². The van der Waals surface area contributed by atoms with E-state index in [-0.39, 0.29) is 36.8 Å². The second kappa shape index (κ2) is 20.9. The van der Waals surface area contributed by atoms with Crippen LogP contribution in [-0.4, -0.2) is 96.6 Å². The van der Waals surface area contributed by atoms with Crippen molar-refractivity contribution in [2.45, 2.75) is 120 Å². The predicted molar refractivity (Wildman–Crippen MR) is 251 cm³/mol. The van der Waals surface area contributed by atoms with Crippen molar-refractivity contribution in [3.8, 4) is 17.6 Å². The fourth-order valence-electron chi connectivity index (χ4n) is 7.68. The van der Waals surface area contributed by atoms with Gasteiger partial charge in [0.1, 0.15) is 52.3 Å². The average Bonchev–Trinajstić information content (AvgIpc) is 3.84. The summed E-state index contributed by atoms with van der Waals surface area (Å²) in [5.74, 6) is 1.45. The first-order valence-corrected chi connectivity index (χ1v) is 26.6. The monoisotopic (exact) mass is 914 g/mol. The zero-order valence-electron chi connectivity index (χ0n) is 38.6. The lowest BCUT2D eigenvalue weighted by molar-refractivity contribution is -0.0926. The van der Waals surface area contributed by atoms with E-state index in [4.69, 9.17) is 42.4 Å². The standard InChI is InChI=1S/C47H63N6O7PSSi/c1-32(2)53(33(3)4)61(57-28-16-27-48)59-41-39(58-45(42(41)60-63(11,12)46(5,6)7)52-31-51-40-43(52)49-30-50-44(40)62-10)29-56-47(34-17-14-13-15-18-34,35-19-23-37(54-8)24-20-35)36-21-25-38(55-9)26-22-36/h13-15,17-26,30-33,39,41-42,45H,16,28-29H2,1-12H3/t39-,41-,42-,45-,61?/m1/s1. The third kappa shape index (κ3) is 10.5. The van der Waals surface area contributed by atoms with Gasteiger partial charge in [-0.1, -0.05) is 75.4 Å². The van der Waals surface area contributed by atoms with Crippen LogP contribution in [0.4, 0.5) is 0 Å². The molecule has 3 heterocycles. The molecule has 0 radical (unpaired) electrons. The maximum Gasteiger partial charge on any atom is 0.259 e. The smallest absolute Gasteiger partial charge is 0.259 e. The molecule has 13 nitrogen and oxygen atoms in total. The molecular formula is C47H63N6O7PSSi. The third-order valence-corrected chi connectivity index (χ3v) is 19.1. The molecule has 1 aliphatic rings. The first kappa shape index (κ1) is 48.5. The van der Waals surface area contributed by atoms with Crippen molar-refractivity contribution in [1.82, 2.24) is 24.2 Å². The van der Waals surface area contributed by atoms with E-state index in [1.807, 2.05) is 77.6 Å². The highest BCUT2D eigenvalue weighted by Gasteiger charge is 2.54. The van der Waals surface area contributed by atoms with Crippen molar-refractivity contribution in [2.24, 2.45) is 0 Å². The third-order valence-electron chi connectivity index (χ3n) is 11.8. The number of hydrogen-bond donors (Lipinski definition) is 0. The van der Waals surface area contributed by atoms with E-state index in [1.165, 1.54) is 11.8 Å². The highest BCUT2D eigenvalue weighted by atomic mass is 32.2. The molecule has 3 aromatic carbocycles. The lowest BCUT2D eigenvalue weighted by atomic mass is 9.80. The second-order valence-corrected chi connectivity index (χ2v) is 24.5. The summed E-state index contributed by atoms with van der Waals surface area (Å²) in [6, 6.07) is 28.5. The van der Waals surface area contributed by atoms with Crippen molar-refractivity contribution in [3.63, 3.8) is 0 Å². The minimum atomic E-state index is -2.56. The second-order valence-electron chi connectivity index (χ2n) is 17.5. The van der Waals surface area contributed by atoms with Gasteiger partial charge in [0.05, 0.1) is 46.3 Å². The molecule has 0 N–H and O–H groups in total. The van der Waals surface area contributed by atoms with Gasteiger partial charge in [0.15, 0.2) is 20.2 Å². The number of ether oxygens (including phenoxy) is 4. The maximum absolute atomic E-state index is 9.60. The van der Waals surface area contributed by atoms with E-state index < -0.39 is 47.0 Å². The number of nitriles is 1. The van der Waals surface area contributed by atoms with E-state index in [0.29, 0.717) is 11.2 Å². The molecule has 1 saturated heterocycles. The minimum absolute atomic E-state index is 0.0564. The summed E-state index contributed by atoms with van der Waals surface area (Å²) in [4.78, 5) is 14.1. The number of hydrogen-bond acceptors (Lipinski definition) is 13. The summed E-state index contributed by atoms with van der Waals surface area (Å²) in [6.45, 7) is 19.9. The Morgan fingerprint density at radius 3 is 1.97 bits per heavy atom. The molecule has 16 heteroatoms. The lowest BCUT2D eigenvalue weighted by Crippen LogP contribution is -2.50. The van der Waals surface area contributed by atoms with E-state index in [1.54, 1.807) is 26.9 Å². The van der Waals surface area contributed by atoms with Crippen LogP contribution in [0.25, 0.3) is 11.2 Å². The van der Waals surface area contributed by atoms with Crippen LogP contribution in [0.5, 0.6) is 11.5 Å². The summed E-state index contributed by atoms with van der Waals surface area (Å²) >= 11 is 1.51. The predicted octanol–water partition coefficient (Wildman–Crippen LogP) is 10.5. The Morgan fingerprint density at radius 2 is 1.44 bits per heavy atom. The van der Waals surface area contributed by atoms with E-state index in [9.17, 15) is 5.26 Å². The quantitative estimate of drug-likeness (QED) is 0.0183. The molecule has 338 valence electrons. The topological polar surface area (TPSA) is 135 Å². The van der Waals surface area contributed by atoms with Crippen molar-refractivity contribution in [2.75, 3.05) is 33.7 Å². The number of aromatic nitrogens is 4. The van der Waals surface area contributed by atoms with Crippen LogP contribution in [0.3, 0.4) is 0 Å². The molecule has 0 amide bonds. The summed E-state index contributed by atoms with van der Waals surface area (Å²) < 4.78 is 51.8. The molecule has 1 fully saturated rings. The van der Waals surface area contributed by atoms with Crippen molar-refractivity contribution in [1.29, 1.82) is 5.26 Å². The molecule has 0 aliphatic carbocycles. The first-order valence-electron chi connectivity index (χ1n) is 21.4. The summed E-state index contributed by atoms with van der Waals surface area (Å²) in [5.41, 5.74) is 2.84. The van der Waals surface area contributed by atoms with E-state index in [0.717, 1.165) is 33.2 Å². The Kier molecular flexibility index (Phi) is 16.1. The van der Waals surface area contributed by atoms with Gasteiger partial charge < -0.3 is 32.4 Å². The number of nitrogens with zero attached hydrogens (tertiary/aromatic N) is 6. The van der Waals surface area contributed by atoms with Gasteiger partial charge in [-0.15, -0.1) is 11.8 Å². The summed E-state index contributed by atoms with van der Waals surface area (Å²) in [7, 11) is -0.987. The van der Waals surface area contributed by atoms with Gasteiger partial charge in [0.25, 0.3) is 8.53 Å². The molecule has 2 aromatic heterocycles. The Labute approximate surface area is 379 Å². The fourth-order valence-corrected chi connectivity index (χ4v) is 11.2. The SMILES string of the molecule is COc1ccc(C(OC[C@H]2O[C@@H](n3cnc4c(SC)ncnc43)[C@H](O[Si](C)(C)C(C)(C)C)[C@@H]2OP(OCCC#N)N(C(C)C)C(C)C)(c2ccccc2)c2ccc(OC)cc2)cc1. The summed E-state index contributed by atoms with van der Waals surface area (Å²) in [6.07, 6.45) is 2.67. The molecule has 63 heavy (non-hydrogen) atoms. The van der Waals surface area contributed by atoms with Crippen molar-refractivity contribution < 1.29 is 32.4 Å². The van der Waals surface area contributed by atoms with Crippen LogP contribution in [0.2, 0.25) is 18.1 Å². The van der Waals surface area contributed by atoms with Crippen LogP contribution in [0.1, 0.15) is 77.8 Å². The van der Waals surface area contributed by atoms with Gasteiger partial charge in [-0.05, 0) is 93.0 Å². The van der Waals surface area contributed by atoms with E-state index in [2.05, 4.69) is 89.4 Å². The number of imidazole rings is 1. The highest BCUT2D eigenvalue weighted by molar-refractivity contribution is 7.98. The lowest BCUT2D eigenvalue weighted by Gasteiger charge is -2.42. The van der Waals surface area contributed by atoms with E-state index >= 15 is 0 Å². The molecule has 5 atom stereocenters. The highest BCUT2D eigenvalue weighted by Crippen LogP contribution is 2.53. The summed E-state index contributed by atoms with van der Waals surface area (Å²) in [5, 5.41) is 10.2. The zero-order chi connectivity index (χ0) is 45.5. The van der Waals surface area contributed by atoms with Gasteiger partial charge in [-0.2, -0.15) is 5.26 Å². The Bertz CT molecular complexity index is 2220. The number of methoxy groups -OCH3 is 2. The first-order chi connectivity index (χ1) is 30.1. The zero-order valence-corrected chi connectivity index (χ0v) is 41.4. The Hall–Kier alpha value is -3.94. The fraction of sp³-hybridized carbons (Fsp3) is 0.489. The number of fused-ring (bicyclic) bond motifs is 1. The van der Waals surface area contributed by atoms with Gasteiger partial charge in [-0.3, -0.25) is 4.57 Å². The molecule has 0 spiro atoms. The average molecular weight is 915 g/mol. The number of thioether (sulfide) groups is 1. The largest absolute Gasteiger partial charge is 0.497 e. The normalized spacial score (nSPS) is 19.0. The minimum Gasteiger partial charge on any atom is -0.497 e. The molecule has 1 aliphatic heterocycles. The van der Waals surface area contributed by atoms with Gasteiger partial charge in [0, 0.05) is 12.1 Å². The number of benzene rings is 3. The Morgan fingerprint density at radius 1 is 0.857 bits per heavy atom. The maximum atomic E-state index is 9.60. The van der Waals surface area contributed by atoms with Crippen LogP contribution in [0, 0.1) is 11.3 Å². The molecule has 0 saturated carbocycles. The Balaban J connectivity index is 1.56. The van der Waals surface area contributed by atoms with Crippen molar-refractivity contribution >= 4 is 39.8 Å². The van der Waals surface area contributed by atoms with Gasteiger partial charge in [0.2, 0.25) is 0 Å². The van der Waals surface area contributed by atoms with Crippen LogP contribution in [0.15, 0.2) is 96.5 Å². The molecule has 6 rings (SSSR count). The molecule has 0 bridgehead atoms. The van der Waals surface area contributed by atoms with Gasteiger partial charge >= 0.3 is 0 Å². The van der Waals surface area contributed by atoms with Gasteiger partial charge in [-0.25, -0.2) is 19.6 Å². The molecule has 1 unspecified atom stereocenters.